The highest BCUT2D eigenvalue weighted by atomic mass is 127. The van der Waals surface area contributed by atoms with Crippen molar-refractivity contribution in [2.75, 3.05) is 39.3 Å². The first-order valence-corrected chi connectivity index (χ1v) is 8.03. The maximum Gasteiger partial charge on any atom is 0.401 e. The monoisotopic (exact) mass is 448 g/mol. The number of halogens is 4. The van der Waals surface area contributed by atoms with E-state index in [1.54, 1.807) is 0 Å². The molecule has 0 aromatic rings. The topological polar surface area (TPSA) is 30.9 Å². The molecule has 136 valence electrons. The number of alkyl halides is 3. The van der Waals surface area contributed by atoms with Gasteiger partial charge in [0, 0.05) is 38.8 Å². The van der Waals surface area contributed by atoms with Gasteiger partial charge in [-0.25, -0.2) is 0 Å². The molecule has 2 saturated heterocycles. The molecule has 2 aliphatic rings. The third kappa shape index (κ3) is 6.64. The zero-order valence-corrected chi connectivity index (χ0v) is 16.4. The van der Waals surface area contributed by atoms with E-state index in [0.29, 0.717) is 19.6 Å². The third-order valence-electron chi connectivity index (χ3n) is 4.29. The number of nitrogens with zero attached hydrogens (tertiary/aromatic N) is 3. The van der Waals surface area contributed by atoms with E-state index in [1.165, 1.54) is 4.90 Å². The largest absolute Gasteiger partial charge is 0.401 e. The highest BCUT2D eigenvalue weighted by Gasteiger charge is 2.36. The van der Waals surface area contributed by atoms with Crippen LogP contribution in [0.5, 0.6) is 0 Å². The van der Waals surface area contributed by atoms with Crippen LogP contribution >= 0.6 is 24.0 Å². The first kappa shape index (κ1) is 20.8. The van der Waals surface area contributed by atoms with E-state index in [-0.39, 0.29) is 35.4 Å². The molecule has 0 saturated carbocycles. The summed E-state index contributed by atoms with van der Waals surface area (Å²) in [6.45, 7) is 9.12. The molecule has 2 heterocycles. The Balaban J connectivity index is 0.00000264. The molecule has 8 heteroatoms. The zero-order chi connectivity index (χ0) is 16.4. The van der Waals surface area contributed by atoms with Crippen LogP contribution in [0.1, 0.15) is 33.6 Å². The molecular weight excluding hydrogens is 420 g/mol. The molecule has 0 aliphatic carbocycles. The summed E-state index contributed by atoms with van der Waals surface area (Å²) in [7, 11) is 0. The molecule has 1 unspecified atom stereocenters. The normalized spacial score (nSPS) is 25.6. The molecule has 1 atom stereocenters. The van der Waals surface area contributed by atoms with Crippen molar-refractivity contribution in [3.63, 3.8) is 0 Å². The van der Waals surface area contributed by atoms with Gasteiger partial charge in [0.2, 0.25) is 0 Å². The Hall–Kier alpha value is -0.250. The molecule has 2 rings (SSSR count). The molecule has 0 aromatic heterocycles. The fourth-order valence-corrected chi connectivity index (χ4v) is 3.21. The average molecular weight is 448 g/mol. The number of hydrogen-bond donors (Lipinski definition) is 1. The molecule has 23 heavy (non-hydrogen) atoms. The van der Waals surface area contributed by atoms with E-state index in [2.05, 4.69) is 29.1 Å². The van der Waals surface area contributed by atoms with Gasteiger partial charge in [-0.05, 0) is 25.2 Å². The van der Waals surface area contributed by atoms with Crippen LogP contribution < -0.4 is 5.32 Å². The molecule has 1 N–H and O–H groups in total. The van der Waals surface area contributed by atoms with Crippen LogP contribution in [0, 0.1) is 5.41 Å². The Morgan fingerprint density at radius 3 is 2.52 bits per heavy atom. The molecule has 0 aromatic carbocycles. The van der Waals surface area contributed by atoms with Crippen molar-refractivity contribution in [2.24, 2.45) is 10.4 Å². The first-order valence-electron chi connectivity index (χ1n) is 8.03. The van der Waals surface area contributed by atoms with Crippen molar-refractivity contribution in [3.8, 4) is 0 Å². The van der Waals surface area contributed by atoms with Crippen LogP contribution in [0.3, 0.4) is 0 Å². The zero-order valence-electron chi connectivity index (χ0n) is 14.1. The number of likely N-dealkylation sites (tertiary alicyclic amines) is 2. The lowest BCUT2D eigenvalue weighted by atomic mass is 9.93. The molecule has 0 radical (unpaired) electrons. The van der Waals surface area contributed by atoms with Gasteiger partial charge in [-0.3, -0.25) is 9.89 Å². The minimum Gasteiger partial charge on any atom is -0.352 e. The Labute approximate surface area is 153 Å². The molecule has 4 nitrogen and oxygen atoms in total. The molecule has 2 fully saturated rings. The first-order chi connectivity index (χ1) is 10.2. The fraction of sp³-hybridized carbons (Fsp3) is 0.933. The lowest BCUT2D eigenvalue weighted by Gasteiger charge is -2.26. The van der Waals surface area contributed by atoms with Gasteiger partial charge >= 0.3 is 6.18 Å². The molecule has 0 bridgehead atoms. The number of aliphatic imine (C=N–C) groups is 1. The Morgan fingerprint density at radius 1 is 1.30 bits per heavy atom. The van der Waals surface area contributed by atoms with Crippen LogP contribution in [0.15, 0.2) is 4.99 Å². The maximum atomic E-state index is 12.5. The standard InChI is InChI=1S/C15H27F3N4.HI/c1-4-19-13(22-8-6-14(2,3)10-22)20-12-5-7-21(9-12)11-15(16,17)18;/h12H,4-11H2,1-3H3,(H,19,20);1H. The predicted octanol–water partition coefficient (Wildman–Crippen LogP) is 2.94. The Morgan fingerprint density at radius 2 is 2.00 bits per heavy atom. The van der Waals surface area contributed by atoms with E-state index in [4.69, 9.17) is 0 Å². The summed E-state index contributed by atoms with van der Waals surface area (Å²) in [6.07, 6.45) is -2.27. The second-order valence-electron chi connectivity index (χ2n) is 7.11. The second-order valence-corrected chi connectivity index (χ2v) is 7.11. The lowest BCUT2D eigenvalue weighted by molar-refractivity contribution is -0.143. The van der Waals surface area contributed by atoms with Crippen molar-refractivity contribution in [1.29, 1.82) is 0 Å². The van der Waals surface area contributed by atoms with Crippen molar-refractivity contribution >= 4 is 29.9 Å². The maximum absolute atomic E-state index is 12.5. The van der Waals surface area contributed by atoms with E-state index in [9.17, 15) is 13.2 Å². The lowest BCUT2D eigenvalue weighted by Crippen LogP contribution is -2.47. The number of rotatable bonds is 3. The van der Waals surface area contributed by atoms with Crippen molar-refractivity contribution in [1.82, 2.24) is 15.1 Å². The highest BCUT2D eigenvalue weighted by Crippen LogP contribution is 2.29. The molecule has 2 aliphatic heterocycles. The minimum atomic E-state index is -4.12. The van der Waals surface area contributed by atoms with Crippen LogP contribution in [0.2, 0.25) is 0 Å². The minimum absolute atomic E-state index is 0. The van der Waals surface area contributed by atoms with Crippen LogP contribution in [-0.2, 0) is 0 Å². The summed E-state index contributed by atoms with van der Waals surface area (Å²) in [4.78, 5) is 8.23. The second kappa shape index (κ2) is 8.22. The quantitative estimate of drug-likeness (QED) is 0.409. The van der Waals surface area contributed by atoms with Gasteiger partial charge in [0.15, 0.2) is 5.96 Å². The van der Waals surface area contributed by atoms with Crippen LogP contribution in [0.4, 0.5) is 13.2 Å². The van der Waals surface area contributed by atoms with Crippen molar-refractivity contribution < 1.29 is 13.2 Å². The van der Waals surface area contributed by atoms with Gasteiger partial charge in [-0.15, -0.1) is 24.0 Å². The summed E-state index contributed by atoms with van der Waals surface area (Å²) >= 11 is 0. The predicted molar refractivity (Wildman–Crippen MR) is 97.4 cm³/mol. The summed E-state index contributed by atoms with van der Waals surface area (Å²) < 4.78 is 37.4. The molecule has 0 spiro atoms. The van der Waals surface area contributed by atoms with Crippen molar-refractivity contribution in [2.45, 2.75) is 45.8 Å². The number of hydrogen-bond acceptors (Lipinski definition) is 2. The SMILES string of the molecule is CCN=C(NC1CCN(CC(F)(F)F)C1)N1CCC(C)(C)C1.I. The van der Waals surface area contributed by atoms with Gasteiger partial charge in [0.25, 0.3) is 0 Å². The van der Waals surface area contributed by atoms with Gasteiger partial charge in [0.1, 0.15) is 0 Å². The summed E-state index contributed by atoms with van der Waals surface area (Å²) in [5.74, 6) is 0.854. The number of guanidine groups is 1. The Bertz CT molecular complexity index is 412. The van der Waals surface area contributed by atoms with Gasteiger partial charge in [-0.2, -0.15) is 13.2 Å². The number of nitrogens with one attached hydrogen (secondary N) is 1. The molecular formula is C15H28F3IN4. The van der Waals surface area contributed by atoms with Gasteiger partial charge < -0.3 is 10.2 Å². The third-order valence-corrected chi connectivity index (χ3v) is 4.29. The average Bonchev–Trinajstić information content (AvgIpc) is 2.93. The van der Waals surface area contributed by atoms with Crippen LogP contribution in [-0.4, -0.2) is 67.2 Å². The van der Waals surface area contributed by atoms with E-state index in [0.717, 1.165) is 31.9 Å². The summed E-state index contributed by atoms with van der Waals surface area (Å²) in [5.41, 5.74) is 0.272. The van der Waals surface area contributed by atoms with Gasteiger partial charge in [-0.1, -0.05) is 13.8 Å². The Kier molecular flexibility index (Phi) is 7.43. The van der Waals surface area contributed by atoms with E-state index >= 15 is 0 Å². The fourth-order valence-electron chi connectivity index (χ4n) is 3.21. The highest BCUT2D eigenvalue weighted by molar-refractivity contribution is 14.0. The summed E-state index contributed by atoms with van der Waals surface area (Å²) in [6, 6.07) is 0.0522. The van der Waals surface area contributed by atoms with Crippen LogP contribution in [0.25, 0.3) is 0 Å². The smallest absolute Gasteiger partial charge is 0.352 e. The van der Waals surface area contributed by atoms with E-state index in [1.807, 2.05) is 6.92 Å². The van der Waals surface area contributed by atoms with Gasteiger partial charge in [0.05, 0.1) is 6.54 Å². The summed E-state index contributed by atoms with van der Waals surface area (Å²) in [5, 5.41) is 3.38. The molecule has 0 amide bonds. The van der Waals surface area contributed by atoms with Crippen molar-refractivity contribution in [3.05, 3.63) is 0 Å². The van der Waals surface area contributed by atoms with E-state index < -0.39 is 12.7 Å².